The van der Waals surface area contributed by atoms with Crippen LogP contribution >= 0.6 is 22.6 Å². The van der Waals surface area contributed by atoms with E-state index in [0.717, 1.165) is 0 Å². The van der Waals surface area contributed by atoms with Gasteiger partial charge in [0.05, 0.1) is 12.5 Å². The number of hydrogen-bond acceptors (Lipinski definition) is 2. The van der Waals surface area contributed by atoms with Gasteiger partial charge < -0.3 is 0 Å². The van der Waals surface area contributed by atoms with Crippen molar-refractivity contribution >= 4 is 22.6 Å². The van der Waals surface area contributed by atoms with Crippen molar-refractivity contribution in [1.29, 1.82) is 5.26 Å². The second-order valence-corrected chi connectivity index (χ2v) is 3.81. The minimum absolute atomic E-state index is 0.0959. The average molecular weight is 308 g/mol. The van der Waals surface area contributed by atoms with Crippen LogP contribution in [-0.4, -0.2) is 4.98 Å². The summed E-state index contributed by atoms with van der Waals surface area (Å²) >= 11 is 1.83. The number of rotatable bonds is 2. The molecule has 0 bridgehead atoms. The monoisotopic (exact) mass is 308 g/mol. The fourth-order valence-electron chi connectivity index (χ4n) is 1.07. The summed E-state index contributed by atoms with van der Waals surface area (Å²) in [6.07, 6.45) is -1.24. The molecular weight excluding hydrogens is 301 g/mol. The molecule has 0 atom stereocenters. The Labute approximate surface area is 94.1 Å². The van der Waals surface area contributed by atoms with Gasteiger partial charge in [0.1, 0.15) is 0 Å². The number of pyridine rings is 1. The average Bonchev–Trinajstić information content (AvgIpc) is 2.11. The van der Waals surface area contributed by atoms with E-state index in [0.29, 0.717) is 14.8 Å². The molecule has 1 aromatic rings. The molecule has 5 heteroatoms. The summed E-state index contributed by atoms with van der Waals surface area (Å²) in [5.74, 6) is 0. The van der Waals surface area contributed by atoms with Crippen molar-refractivity contribution in [3.63, 3.8) is 0 Å². The van der Waals surface area contributed by atoms with Gasteiger partial charge in [0.25, 0.3) is 6.43 Å². The molecule has 0 amide bonds. The largest absolute Gasteiger partial charge is 0.266 e. The van der Waals surface area contributed by atoms with Crippen molar-refractivity contribution in [2.45, 2.75) is 19.8 Å². The Balaban J connectivity index is 3.27. The predicted octanol–water partition coefficient (Wildman–Crippen LogP) is 3.00. The number of hydrogen-bond donors (Lipinski definition) is 0. The summed E-state index contributed by atoms with van der Waals surface area (Å²) in [5.41, 5.74) is 1.15. The molecule has 0 aliphatic rings. The van der Waals surface area contributed by atoms with E-state index in [4.69, 9.17) is 5.26 Å². The van der Waals surface area contributed by atoms with Crippen LogP contribution in [0.1, 0.15) is 23.2 Å². The van der Waals surface area contributed by atoms with Crippen LogP contribution < -0.4 is 0 Å². The van der Waals surface area contributed by atoms with Crippen molar-refractivity contribution in [2.24, 2.45) is 0 Å². The third-order valence-electron chi connectivity index (χ3n) is 1.84. The van der Waals surface area contributed by atoms with Gasteiger partial charge in [-0.3, -0.25) is 4.98 Å². The van der Waals surface area contributed by atoms with Gasteiger partial charge in [0, 0.05) is 26.6 Å². The van der Waals surface area contributed by atoms with Crippen LogP contribution in [0.25, 0.3) is 0 Å². The van der Waals surface area contributed by atoms with Crippen LogP contribution in [0.5, 0.6) is 0 Å². The van der Waals surface area contributed by atoms with Crippen LogP contribution in [0, 0.1) is 21.8 Å². The number of nitriles is 1. The minimum Gasteiger partial charge on any atom is -0.261 e. The highest BCUT2D eigenvalue weighted by Crippen LogP contribution is 2.27. The molecule has 0 N–H and O–H groups in total. The molecular formula is C9H7F2IN2. The number of aromatic nitrogens is 1. The Morgan fingerprint density at radius 2 is 2.29 bits per heavy atom. The summed E-state index contributed by atoms with van der Waals surface area (Å²) in [6.45, 7) is 1.71. The third-order valence-corrected chi connectivity index (χ3v) is 3.12. The van der Waals surface area contributed by atoms with Crippen LogP contribution in [0.2, 0.25) is 0 Å². The van der Waals surface area contributed by atoms with Crippen LogP contribution in [0.15, 0.2) is 6.20 Å². The maximum atomic E-state index is 12.5. The molecule has 0 unspecified atom stereocenters. The molecule has 14 heavy (non-hydrogen) atoms. The molecule has 0 saturated carbocycles. The lowest BCUT2D eigenvalue weighted by molar-refractivity contribution is 0.150. The molecule has 0 aromatic carbocycles. The highest BCUT2D eigenvalue weighted by Gasteiger charge is 2.16. The lowest BCUT2D eigenvalue weighted by atomic mass is 10.1. The standard InChI is InChI=1S/C9H7F2IN2/c1-5-6(2-3-13)8(12)7(4-14-5)9(10)11/h4,9H,2H2,1H3. The topological polar surface area (TPSA) is 36.7 Å². The highest BCUT2D eigenvalue weighted by molar-refractivity contribution is 14.1. The van der Waals surface area contributed by atoms with E-state index in [1.54, 1.807) is 6.92 Å². The molecule has 1 heterocycles. The fraction of sp³-hybridized carbons (Fsp3) is 0.333. The first-order valence-electron chi connectivity index (χ1n) is 3.87. The van der Waals surface area contributed by atoms with Gasteiger partial charge in [0.15, 0.2) is 0 Å². The van der Waals surface area contributed by atoms with E-state index in [1.807, 2.05) is 28.7 Å². The van der Waals surface area contributed by atoms with Crippen LogP contribution in [0.4, 0.5) is 8.78 Å². The van der Waals surface area contributed by atoms with E-state index in [2.05, 4.69) is 4.98 Å². The minimum atomic E-state index is -2.53. The van der Waals surface area contributed by atoms with E-state index < -0.39 is 6.43 Å². The SMILES string of the molecule is Cc1ncc(C(F)F)c(I)c1CC#N. The Morgan fingerprint density at radius 3 is 2.79 bits per heavy atom. The van der Waals surface area contributed by atoms with Gasteiger partial charge in [0.2, 0.25) is 0 Å². The fourth-order valence-corrected chi connectivity index (χ4v) is 2.03. The number of nitrogens with zero attached hydrogens (tertiary/aromatic N) is 2. The van der Waals surface area contributed by atoms with Crippen molar-refractivity contribution in [3.05, 3.63) is 26.6 Å². The first-order chi connectivity index (χ1) is 6.57. The van der Waals surface area contributed by atoms with Gasteiger partial charge in [-0.15, -0.1) is 0 Å². The van der Waals surface area contributed by atoms with Crippen molar-refractivity contribution < 1.29 is 8.78 Å². The second-order valence-electron chi connectivity index (χ2n) is 2.73. The Kier molecular flexibility index (Phi) is 3.75. The summed E-state index contributed by atoms with van der Waals surface area (Å²) in [7, 11) is 0. The molecule has 1 rings (SSSR count). The van der Waals surface area contributed by atoms with Gasteiger partial charge in [-0.05, 0) is 29.5 Å². The molecule has 0 aliphatic heterocycles. The number of halogens is 3. The van der Waals surface area contributed by atoms with Crippen molar-refractivity contribution in [2.75, 3.05) is 0 Å². The van der Waals surface area contributed by atoms with Crippen LogP contribution in [0.3, 0.4) is 0 Å². The third kappa shape index (κ3) is 2.18. The van der Waals surface area contributed by atoms with Gasteiger partial charge in [-0.1, -0.05) is 0 Å². The quantitative estimate of drug-likeness (QED) is 0.788. The van der Waals surface area contributed by atoms with E-state index in [1.165, 1.54) is 6.20 Å². The second kappa shape index (κ2) is 4.64. The van der Waals surface area contributed by atoms with Gasteiger partial charge >= 0.3 is 0 Å². The van der Waals surface area contributed by atoms with E-state index in [-0.39, 0.29) is 12.0 Å². The summed E-state index contributed by atoms with van der Waals surface area (Å²) in [6, 6.07) is 1.94. The first-order valence-corrected chi connectivity index (χ1v) is 4.94. The number of aryl methyl sites for hydroxylation is 1. The summed E-state index contributed by atoms with van der Waals surface area (Å²) < 4.78 is 25.4. The van der Waals surface area contributed by atoms with Crippen molar-refractivity contribution in [1.82, 2.24) is 4.98 Å². The van der Waals surface area contributed by atoms with Crippen molar-refractivity contribution in [3.8, 4) is 6.07 Å². The van der Waals surface area contributed by atoms with E-state index in [9.17, 15) is 8.78 Å². The molecule has 0 fully saturated rings. The molecule has 0 radical (unpaired) electrons. The zero-order valence-corrected chi connectivity index (χ0v) is 9.55. The predicted molar refractivity (Wildman–Crippen MR) is 56.0 cm³/mol. The maximum Gasteiger partial charge on any atom is 0.266 e. The Bertz CT molecular complexity index is 385. The van der Waals surface area contributed by atoms with E-state index >= 15 is 0 Å². The Morgan fingerprint density at radius 1 is 1.64 bits per heavy atom. The highest BCUT2D eigenvalue weighted by atomic mass is 127. The smallest absolute Gasteiger partial charge is 0.261 e. The lowest BCUT2D eigenvalue weighted by Gasteiger charge is -2.08. The van der Waals surface area contributed by atoms with Gasteiger partial charge in [-0.25, -0.2) is 8.78 Å². The first kappa shape index (κ1) is 11.3. The molecule has 2 nitrogen and oxygen atoms in total. The molecule has 0 spiro atoms. The zero-order chi connectivity index (χ0) is 10.7. The Hall–Kier alpha value is -0.770. The maximum absolute atomic E-state index is 12.5. The summed E-state index contributed by atoms with van der Waals surface area (Å²) in [4.78, 5) is 3.84. The summed E-state index contributed by atoms with van der Waals surface area (Å²) in [5, 5.41) is 8.53. The molecule has 0 aliphatic carbocycles. The number of alkyl halides is 2. The normalized spacial score (nSPS) is 10.3. The molecule has 74 valence electrons. The zero-order valence-electron chi connectivity index (χ0n) is 7.39. The molecule has 1 aromatic heterocycles. The van der Waals surface area contributed by atoms with Gasteiger partial charge in [-0.2, -0.15) is 5.26 Å². The lowest BCUT2D eigenvalue weighted by Crippen LogP contribution is -2.01. The molecule has 0 saturated heterocycles. The van der Waals surface area contributed by atoms with Crippen LogP contribution in [-0.2, 0) is 6.42 Å².